The van der Waals surface area contributed by atoms with E-state index in [2.05, 4.69) is 0 Å². The lowest BCUT2D eigenvalue weighted by Crippen LogP contribution is -2.34. The highest BCUT2D eigenvalue weighted by Crippen LogP contribution is 2.47. The first kappa shape index (κ1) is 10.6. The summed E-state index contributed by atoms with van der Waals surface area (Å²) >= 11 is 0. The van der Waals surface area contributed by atoms with Gasteiger partial charge in [0.25, 0.3) is 5.69 Å². The molecule has 0 aliphatic heterocycles. The summed E-state index contributed by atoms with van der Waals surface area (Å²) in [6, 6.07) is 5.73. The highest BCUT2D eigenvalue weighted by molar-refractivity contribution is 5.50. The fourth-order valence-electron chi connectivity index (χ4n) is 2.09. The maximum absolute atomic E-state index is 13.7. The van der Waals surface area contributed by atoms with Gasteiger partial charge in [-0.1, -0.05) is 6.07 Å². The molecule has 4 nitrogen and oxygen atoms in total. The van der Waals surface area contributed by atoms with E-state index in [0.29, 0.717) is 12.8 Å². The molecule has 0 saturated heterocycles. The molecule has 0 unspecified atom stereocenters. The Hall–Kier alpha value is -1.96. The number of hydrogen-bond acceptors (Lipinski definition) is 3. The van der Waals surface area contributed by atoms with Gasteiger partial charge in [0.15, 0.2) is 0 Å². The van der Waals surface area contributed by atoms with Crippen molar-refractivity contribution in [1.82, 2.24) is 0 Å². The van der Waals surface area contributed by atoms with Crippen LogP contribution in [0.5, 0.6) is 0 Å². The van der Waals surface area contributed by atoms with Gasteiger partial charge in [0.1, 0.15) is 5.82 Å². The van der Waals surface area contributed by atoms with Crippen LogP contribution in [0.1, 0.15) is 24.8 Å². The number of nitriles is 1. The van der Waals surface area contributed by atoms with E-state index in [-0.39, 0.29) is 11.3 Å². The number of nitro groups is 1. The van der Waals surface area contributed by atoms with Crippen LogP contribution in [-0.2, 0) is 5.41 Å². The normalized spacial score (nSPS) is 17.2. The molecule has 0 radical (unpaired) electrons. The first-order valence-electron chi connectivity index (χ1n) is 4.95. The summed E-state index contributed by atoms with van der Waals surface area (Å²) in [6.07, 6.45) is 1.79. The molecule has 0 spiro atoms. The average molecular weight is 220 g/mol. The van der Waals surface area contributed by atoms with Crippen LogP contribution in [0, 0.1) is 27.3 Å². The quantitative estimate of drug-likeness (QED) is 0.568. The van der Waals surface area contributed by atoms with Crippen molar-refractivity contribution in [3.8, 4) is 6.07 Å². The molecule has 0 bridgehead atoms. The van der Waals surface area contributed by atoms with Gasteiger partial charge in [-0.2, -0.15) is 5.26 Å². The van der Waals surface area contributed by atoms with Crippen molar-refractivity contribution >= 4 is 5.69 Å². The van der Waals surface area contributed by atoms with E-state index in [1.54, 1.807) is 0 Å². The van der Waals surface area contributed by atoms with Gasteiger partial charge in [-0.3, -0.25) is 10.1 Å². The first-order valence-corrected chi connectivity index (χ1v) is 4.95. The summed E-state index contributed by atoms with van der Waals surface area (Å²) in [5.41, 5.74) is -1.33. The molecule has 1 aliphatic carbocycles. The van der Waals surface area contributed by atoms with Gasteiger partial charge in [0.05, 0.1) is 22.0 Å². The zero-order chi connectivity index (χ0) is 11.8. The van der Waals surface area contributed by atoms with Crippen LogP contribution in [0.2, 0.25) is 0 Å². The van der Waals surface area contributed by atoms with Gasteiger partial charge in [0.2, 0.25) is 0 Å². The number of hydrogen-bond donors (Lipinski definition) is 0. The highest BCUT2D eigenvalue weighted by Gasteiger charge is 2.45. The standard InChI is InChI=1S/C11H9FN2O2/c12-8-3-1-4-9(14(15)16)10(8)11(7-13)5-2-6-11/h1,3-4H,2,5-6H2. The molecule has 0 atom stereocenters. The lowest BCUT2D eigenvalue weighted by molar-refractivity contribution is -0.386. The Kier molecular flexibility index (Phi) is 2.35. The summed E-state index contributed by atoms with van der Waals surface area (Å²) < 4.78 is 13.7. The lowest BCUT2D eigenvalue weighted by atomic mass is 9.65. The molecule has 16 heavy (non-hydrogen) atoms. The molecule has 1 aliphatic rings. The van der Waals surface area contributed by atoms with Crippen molar-refractivity contribution in [1.29, 1.82) is 5.26 Å². The molecule has 2 rings (SSSR count). The zero-order valence-electron chi connectivity index (χ0n) is 8.44. The van der Waals surface area contributed by atoms with E-state index in [0.717, 1.165) is 6.42 Å². The summed E-state index contributed by atoms with van der Waals surface area (Å²) in [5.74, 6) is -0.657. The van der Waals surface area contributed by atoms with Crippen LogP contribution in [0.15, 0.2) is 18.2 Å². The second-order valence-electron chi connectivity index (χ2n) is 3.94. The fraction of sp³-hybridized carbons (Fsp3) is 0.364. The first-order chi connectivity index (χ1) is 7.60. The van der Waals surface area contributed by atoms with Crippen LogP contribution in [-0.4, -0.2) is 4.92 Å². The predicted octanol–water partition coefficient (Wildman–Crippen LogP) is 2.68. The summed E-state index contributed by atoms with van der Waals surface area (Å²) in [7, 11) is 0. The minimum Gasteiger partial charge on any atom is -0.258 e. The molecule has 82 valence electrons. The van der Waals surface area contributed by atoms with Crippen molar-refractivity contribution in [3.63, 3.8) is 0 Å². The van der Waals surface area contributed by atoms with Gasteiger partial charge < -0.3 is 0 Å². The largest absolute Gasteiger partial charge is 0.277 e. The predicted molar refractivity (Wildman–Crippen MR) is 54.2 cm³/mol. The minimum atomic E-state index is -0.992. The summed E-state index contributed by atoms with van der Waals surface area (Å²) in [5, 5.41) is 19.9. The smallest absolute Gasteiger partial charge is 0.258 e. The fourth-order valence-corrected chi connectivity index (χ4v) is 2.09. The number of halogens is 1. The van der Waals surface area contributed by atoms with E-state index in [1.807, 2.05) is 6.07 Å². The summed E-state index contributed by atoms with van der Waals surface area (Å²) in [6.45, 7) is 0. The Bertz CT molecular complexity index is 489. The Morgan fingerprint density at radius 3 is 2.62 bits per heavy atom. The molecule has 1 saturated carbocycles. The number of benzene rings is 1. The number of nitro benzene ring substituents is 1. The molecule has 0 N–H and O–H groups in total. The Morgan fingerprint density at radius 2 is 2.19 bits per heavy atom. The monoisotopic (exact) mass is 220 g/mol. The molecule has 1 aromatic carbocycles. The number of nitrogens with zero attached hydrogens (tertiary/aromatic N) is 2. The molecule has 0 amide bonds. The topological polar surface area (TPSA) is 66.9 Å². The lowest BCUT2D eigenvalue weighted by Gasteiger charge is -2.35. The maximum atomic E-state index is 13.7. The van der Waals surface area contributed by atoms with Crippen molar-refractivity contribution in [2.45, 2.75) is 24.7 Å². The van der Waals surface area contributed by atoms with E-state index in [1.165, 1.54) is 18.2 Å². The van der Waals surface area contributed by atoms with E-state index < -0.39 is 16.2 Å². The van der Waals surface area contributed by atoms with Gasteiger partial charge in [-0.25, -0.2) is 4.39 Å². The van der Waals surface area contributed by atoms with Crippen molar-refractivity contribution in [2.75, 3.05) is 0 Å². The van der Waals surface area contributed by atoms with Gasteiger partial charge in [-0.05, 0) is 25.3 Å². The van der Waals surface area contributed by atoms with Crippen LogP contribution >= 0.6 is 0 Å². The SMILES string of the molecule is N#CC1(c2c(F)cccc2[N+](=O)[O-])CCC1. The van der Waals surface area contributed by atoms with E-state index >= 15 is 0 Å². The van der Waals surface area contributed by atoms with Gasteiger partial charge >= 0.3 is 0 Å². The van der Waals surface area contributed by atoms with Crippen LogP contribution in [0.3, 0.4) is 0 Å². The molecular weight excluding hydrogens is 211 g/mol. The van der Waals surface area contributed by atoms with Gasteiger partial charge in [0, 0.05) is 6.07 Å². The van der Waals surface area contributed by atoms with Crippen molar-refractivity contribution < 1.29 is 9.31 Å². The Balaban J connectivity index is 2.63. The third-order valence-electron chi connectivity index (χ3n) is 3.09. The average Bonchev–Trinajstić information content (AvgIpc) is 2.19. The summed E-state index contributed by atoms with van der Waals surface area (Å²) in [4.78, 5) is 10.2. The minimum absolute atomic E-state index is 0.0475. The molecule has 1 aromatic rings. The molecule has 1 fully saturated rings. The highest BCUT2D eigenvalue weighted by atomic mass is 19.1. The Morgan fingerprint density at radius 1 is 1.50 bits per heavy atom. The molecule has 0 heterocycles. The van der Waals surface area contributed by atoms with Gasteiger partial charge in [-0.15, -0.1) is 0 Å². The van der Waals surface area contributed by atoms with E-state index in [4.69, 9.17) is 5.26 Å². The number of rotatable bonds is 2. The van der Waals surface area contributed by atoms with Crippen LogP contribution in [0.25, 0.3) is 0 Å². The van der Waals surface area contributed by atoms with Crippen LogP contribution in [0.4, 0.5) is 10.1 Å². The Labute approximate surface area is 91.5 Å². The molecule has 0 aromatic heterocycles. The van der Waals surface area contributed by atoms with Crippen molar-refractivity contribution in [3.05, 3.63) is 39.7 Å². The third-order valence-corrected chi connectivity index (χ3v) is 3.09. The third kappa shape index (κ3) is 1.34. The second-order valence-corrected chi connectivity index (χ2v) is 3.94. The zero-order valence-corrected chi connectivity index (χ0v) is 8.44. The maximum Gasteiger partial charge on any atom is 0.277 e. The second kappa shape index (κ2) is 3.56. The molecule has 5 heteroatoms. The molecular formula is C11H9FN2O2. The van der Waals surface area contributed by atoms with Crippen molar-refractivity contribution in [2.24, 2.45) is 0 Å². The van der Waals surface area contributed by atoms with Crippen LogP contribution < -0.4 is 0 Å². The van der Waals surface area contributed by atoms with E-state index in [9.17, 15) is 14.5 Å².